The second-order valence-corrected chi connectivity index (χ2v) is 5.54. The average Bonchev–Trinajstić information content (AvgIpc) is 2.78. The third-order valence-electron chi connectivity index (χ3n) is 3.91. The number of hydrogen-bond donors (Lipinski definition) is 3. The van der Waals surface area contributed by atoms with Gasteiger partial charge in [0.05, 0.1) is 0 Å². The van der Waals surface area contributed by atoms with Crippen molar-refractivity contribution in [3.8, 4) is 0 Å². The minimum absolute atomic E-state index is 0.213. The monoisotopic (exact) mass is 257 g/mol. The van der Waals surface area contributed by atoms with E-state index in [4.69, 9.17) is 5.11 Å². The molecule has 2 fully saturated rings. The molecule has 2 heterocycles. The molecular formula is C12H23N3O3. The predicted molar refractivity (Wildman–Crippen MR) is 67.5 cm³/mol. The van der Waals surface area contributed by atoms with Crippen molar-refractivity contribution in [2.45, 2.75) is 25.0 Å². The SMILES string of the molecule is CC(O)(CN1CCC(N2CCNCC2)C1)C(=O)O. The first-order valence-electron chi connectivity index (χ1n) is 6.62. The summed E-state index contributed by atoms with van der Waals surface area (Å²) in [5.41, 5.74) is -1.64. The Balaban J connectivity index is 1.82. The van der Waals surface area contributed by atoms with Crippen LogP contribution in [0.1, 0.15) is 13.3 Å². The largest absolute Gasteiger partial charge is 0.479 e. The molecule has 3 N–H and O–H groups in total. The van der Waals surface area contributed by atoms with Crippen LogP contribution < -0.4 is 5.32 Å². The summed E-state index contributed by atoms with van der Waals surface area (Å²) in [7, 11) is 0. The van der Waals surface area contributed by atoms with Gasteiger partial charge in [-0.15, -0.1) is 0 Å². The van der Waals surface area contributed by atoms with E-state index >= 15 is 0 Å². The smallest absolute Gasteiger partial charge is 0.336 e. The van der Waals surface area contributed by atoms with E-state index < -0.39 is 11.6 Å². The van der Waals surface area contributed by atoms with E-state index in [9.17, 15) is 9.90 Å². The highest BCUT2D eigenvalue weighted by Gasteiger charge is 2.36. The molecule has 2 saturated heterocycles. The Labute approximate surface area is 108 Å². The fourth-order valence-electron chi connectivity index (χ4n) is 2.80. The van der Waals surface area contributed by atoms with Crippen LogP contribution in [0.25, 0.3) is 0 Å². The molecule has 2 unspecified atom stereocenters. The molecule has 0 radical (unpaired) electrons. The number of aliphatic carboxylic acids is 1. The summed E-state index contributed by atoms with van der Waals surface area (Å²) in [4.78, 5) is 15.4. The van der Waals surface area contributed by atoms with Gasteiger partial charge >= 0.3 is 5.97 Å². The molecule has 18 heavy (non-hydrogen) atoms. The first-order valence-corrected chi connectivity index (χ1v) is 6.62. The van der Waals surface area contributed by atoms with Crippen LogP contribution in [0.15, 0.2) is 0 Å². The first-order chi connectivity index (χ1) is 8.49. The first kappa shape index (κ1) is 13.7. The molecule has 2 aliphatic heterocycles. The predicted octanol–water partition coefficient (Wildman–Crippen LogP) is -1.20. The molecule has 0 aromatic heterocycles. The molecule has 2 atom stereocenters. The van der Waals surface area contributed by atoms with E-state index in [0.29, 0.717) is 6.04 Å². The van der Waals surface area contributed by atoms with Crippen LogP contribution in [0.2, 0.25) is 0 Å². The third kappa shape index (κ3) is 3.20. The van der Waals surface area contributed by atoms with E-state index in [-0.39, 0.29) is 6.54 Å². The summed E-state index contributed by atoms with van der Waals surface area (Å²) in [6.45, 7) is 7.51. The van der Waals surface area contributed by atoms with Crippen LogP contribution in [-0.4, -0.2) is 83.4 Å². The second-order valence-electron chi connectivity index (χ2n) is 5.54. The number of carboxylic acids is 1. The van der Waals surface area contributed by atoms with Gasteiger partial charge in [-0.3, -0.25) is 9.80 Å². The molecule has 0 aromatic rings. The third-order valence-corrected chi connectivity index (χ3v) is 3.91. The Morgan fingerprint density at radius 1 is 1.39 bits per heavy atom. The van der Waals surface area contributed by atoms with E-state index in [1.807, 2.05) is 0 Å². The van der Waals surface area contributed by atoms with Crippen LogP contribution >= 0.6 is 0 Å². The van der Waals surface area contributed by atoms with Gasteiger partial charge in [-0.1, -0.05) is 0 Å². The van der Waals surface area contributed by atoms with Gasteiger partial charge in [-0.05, 0) is 19.9 Å². The Hall–Kier alpha value is -0.690. The van der Waals surface area contributed by atoms with Crippen molar-refractivity contribution >= 4 is 5.97 Å². The molecule has 2 rings (SSSR count). The van der Waals surface area contributed by atoms with Crippen molar-refractivity contribution in [3.63, 3.8) is 0 Å². The number of piperazine rings is 1. The second kappa shape index (κ2) is 5.52. The molecule has 0 saturated carbocycles. The number of nitrogens with one attached hydrogen (secondary N) is 1. The van der Waals surface area contributed by atoms with Gasteiger partial charge in [0, 0.05) is 45.3 Å². The zero-order valence-electron chi connectivity index (χ0n) is 10.9. The fraction of sp³-hybridized carbons (Fsp3) is 0.917. The van der Waals surface area contributed by atoms with Gasteiger partial charge in [0.2, 0.25) is 0 Å². The van der Waals surface area contributed by atoms with Crippen LogP contribution in [-0.2, 0) is 4.79 Å². The average molecular weight is 257 g/mol. The van der Waals surface area contributed by atoms with Gasteiger partial charge in [0.25, 0.3) is 0 Å². The highest BCUT2D eigenvalue weighted by molar-refractivity contribution is 5.76. The Kier molecular flexibility index (Phi) is 4.21. The van der Waals surface area contributed by atoms with Crippen molar-refractivity contribution in [2.75, 3.05) is 45.8 Å². The molecule has 0 aliphatic carbocycles. The molecule has 6 heteroatoms. The number of β-amino-alcohol motifs (C(OH)–C–C–N with tert-alkyl or cyclic N) is 1. The van der Waals surface area contributed by atoms with Crippen LogP contribution in [0.5, 0.6) is 0 Å². The minimum Gasteiger partial charge on any atom is -0.479 e. The lowest BCUT2D eigenvalue weighted by Crippen LogP contribution is -2.50. The summed E-state index contributed by atoms with van der Waals surface area (Å²) < 4.78 is 0. The fourth-order valence-corrected chi connectivity index (χ4v) is 2.80. The Morgan fingerprint density at radius 2 is 2.06 bits per heavy atom. The van der Waals surface area contributed by atoms with Crippen molar-refractivity contribution in [2.24, 2.45) is 0 Å². The highest BCUT2D eigenvalue weighted by Crippen LogP contribution is 2.18. The van der Waals surface area contributed by atoms with Crippen LogP contribution in [0.3, 0.4) is 0 Å². The number of rotatable bonds is 4. The summed E-state index contributed by atoms with van der Waals surface area (Å²) in [6.07, 6.45) is 1.07. The lowest BCUT2D eigenvalue weighted by molar-refractivity contribution is -0.158. The van der Waals surface area contributed by atoms with Crippen molar-refractivity contribution in [1.29, 1.82) is 0 Å². The topological polar surface area (TPSA) is 76.0 Å². The maximum Gasteiger partial charge on any atom is 0.336 e. The van der Waals surface area contributed by atoms with E-state index in [2.05, 4.69) is 15.1 Å². The summed E-state index contributed by atoms with van der Waals surface area (Å²) in [6, 6.07) is 0.511. The lowest BCUT2D eigenvalue weighted by Gasteiger charge is -2.33. The minimum atomic E-state index is -1.64. The molecule has 0 amide bonds. The van der Waals surface area contributed by atoms with Gasteiger partial charge in [-0.25, -0.2) is 4.79 Å². The number of carbonyl (C=O) groups is 1. The maximum atomic E-state index is 10.9. The highest BCUT2D eigenvalue weighted by atomic mass is 16.4. The van der Waals surface area contributed by atoms with Crippen LogP contribution in [0.4, 0.5) is 0 Å². The number of hydrogen-bond acceptors (Lipinski definition) is 5. The maximum absolute atomic E-state index is 10.9. The van der Waals surface area contributed by atoms with E-state index in [0.717, 1.165) is 45.7 Å². The Bertz CT molecular complexity index is 303. The zero-order chi connectivity index (χ0) is 13.2. The normalized spacial score (nSPS) is 30.2. The van der Waals surface area contributed by atoms with Gasteiger partial charge in [-0.2, -0.15) is 0 Å². The summed E-state index contributed by atoms with van der Waals surface area (Å²) in [5, 5.41) is 22.0. The molecule has 104 valence electrons. The van der Waals surface area contributed by atoms with Gasteiger partial charge < -0.3 is 15.5 Å². The van der Waals surface area contributed by atoms with Crippen molar-refractivity contribution in [3.05, 3.63) is 0 Å². The van der Waals surface area contributed by atoms with Crippen molar-refractivity contribution < 1.29 is 15.0 Å². The molecular weight excluding hydrogens is 234 g/mol. The molecule has 2 aliphatic rings. The number of carboxylic acid groups (broad SMARTS) is 1. The van der Waals surface area contributed by atoms with Crippen LogP contribution in [0, 0.1) is 0 Å². The zero-order valence-corrected chi connectivity index (χ0v) is 10.9. The van der Waals surface area contributed by atoms with Gasteiger partial charge in [0.1, 0.15) is 0 Å². The molecule has 0 spiro atoms. The quantitative estimate of drug-likeness (QED) is 0.587. The number of likely N-dealkylation sites (tertiary alicyclic amines) is 1. The summed E-state index contributed by atoms with van der Waals surface area (Å²) >= 11 is 0. The van der Waals surface area contributed by atoms with E-state index in [1.165, 1.54) is 6.92 Å². The summed E-state index contributed by atoms with van der Waals surface area (Å²) in [5.74, 6) is -1.15. The Morgan fingerprint density at radius 3 is 2.67 bits per heavy atom. The molecule has 0 bridgehead atoms. The van der Waals surface area contributed by atoms with E-state index in [1.54, 1.807) is 0 Å². The standard InChI is InChI=1S/C12H23N3O3/c1-12(18,11(16)17)9-14-5-2-10(8-14)15-6-3-13-4-7-15/h10,13,18H,2-9H2,1H3,(H,16,17). The molecule has 6 nitrogen and oxygen atoms in total. The van der Waals surface area contributed by atoms with Gasteiger partial charge in [0.15, 0.2) is 5.60 Å². The molecule has 0 aromatic carbocycles. The number of aliphatic hydroxyl groups is 1. The van der Waals surface area contributed by atoms with Crippen molar-refractivity contribution in [1.82, 2.24) is 15.1 Å². The lowest BCUT2D eigenvalue weighted by atomic mass is 10.1. The number of nitrogens with zero attached hydrogens (tertiary/aromatic N) is 2.